The number of rotatable bonds is 5. The molecule has 1 aromatic carbocycles. The number of aliphatic hydroxyl groups excluding tert-OH is 1. The highest BCUT2D eigenvalue weighted by Crippen LogP contribution is 2.15. The highest BCUT2D eigenvalue weighted by molar-refractivity contribution is 5.71. The first-order chi connectivity index (χ1) is 7.69. The number of hydrogen-bond donors (Lipinski definition) is 1. The van der Waals surface area contributed by atoms with Crippen molar-refractivity contribution in [2.75, 3.05) is 7.11 Å². The fourth-order valence-corrected chi connectivity index (χ4v) is 1.65. The molecule has 16 heavy (non-hydrogen) atoms. The molecule has 3 heteroatoms. The van der Waals surface area contributed by atoms with Crippen molar-refractivity contribution in [3.05, 3.63) is 35.4 Å². The van der Waals surface area contributed by atoms with Crippen LogP contribution in [0.2, 0.25) is 0 Å². The normalized spacial score (nSPS) is 12.2. The number of carbonyl (C=O) groups is 1. The lowest BCUT2D eigenvalue weighted by molar-refractivity contribution is -0.145. The summed E-state index contributed by atoms with van der Waals surface area (Å²) in [6, 6.07) is 7.73. The monoisotopic (exact) mass is 222 g/mol. The average molecular weight is 222 g/mol. The Morgan fingerprint density at radius 2 is 2.00 bits per heavy atom. The van der Waals surface area contributed by atoms with Gasteiger partial charge in [0.05, 0.1) is 19.6 Å². The lowest BCUT2D eigenvalue weighted by Gasteiger charge is -2.10. The van der Waals surface area contributed by atoms with E-state index in [1.54, 1.807) is 0 Å². The first-order valence-electron chi connectivity index (χ1n) is 5.44. The van der Waals surface area contributed by atoms with E-state index in [1.807, 2.05) is 31.2 Å². The van der Waals surface area contributed by atoms with Gasteiger partial charge in [-0.2, -0.15) is 0 Å². The van der Waals surface area contributed by atoms with E-state index in [4.69, 9.17) is 5.11 Å². The second-order valence-electron chi connectivity index (χ2n) is 3.89. The number of ether oxygens (including phenoxy) is 1. The summed E-state index contributed by atoms with van der Waals surface area (Å²) in [5, 5.41) is 9.15. The molecule has 1 rings (SSSR count). The van der Waals surface area contributed by atoms with Crippen molar-refractivity contribution < 1.29 is 14.6 Å². The third-order valence-corrected chi connectivity index (χ3v) is 2.74. The summed E-state index contributed by atoms with van der Waals surface area (Å²) >= 11 is 0. The summed E-state index contributed by atoms with van der Waals surface area (Å²) in [6.07, 6.45) is 1.52. The molecule has 88 valence electrons. The van der Waals surface area contributed by atoms with E-state index in [2.05, 4.69) is 4.74 Å². The maximum atomic E-state index is 11.2. The molecule has 0 aliphatic carbocycles. The first-order valence-corrected chi connectivity index (χ1v) is 5.44. The molecule has 1 unspecified atom stereocenters. The number of esters is 1. The van der Waals surface area contributed by atoms with E-state index >= 15 is 0 Å². The van der Waals surface area contributed by atoms with Gasteiger partial charge in [-0.3, -0.25) is 4.79 Å². The predicted molar refractivity (Wildman–Crippen MR) is 61.9 cm³/mol. The predicted octanol–water partition coefficient (Wildman–Crippen LogP) is 1.92. The summed E-state index contributed by atoms with van der Waals surface area (Å²) < 4.78 is 4.67. The van der Waals surface area contributed by atoms with Gasteiger partial charge in [0, 0.05) is 0 Å². The van der Waals surface area contributed by atoms with Gasteiger partial charge in [-0.1, -0.05) is 31.2 Å². The summed E-state index contributed by atoms with van der Waals surface area (Å²) in [5.74, 6) is -0.279. The zero-order valence-corrected chi connectivity index (χ0v) is 9.77. The van der Waals surface area contributed by atoms with Crippen LogP contribution in [-0.4, -0.2) is 18.2 Å². The van der Waals surface area contributed by atoms with Crippen LogP contribution in [-0.2, 0) is 22.6 Å². The van der Waals surface area contributed by atoms with E-state index in [1.165, 1.54) is 7.11 Å². The highest BCUT2D eigenvalue weighted by atomic mass is 16.5. The van der Waals surface area contributed by atoms with E-state index < -0.39 is 0 Å². The second kappa shape index (κ2) is 6.28. The Labute approximate surface area is 96.1 Å². The van der Waals surface area contributed by atoms with Crippen LogP contribution in [0.4, 0.5) is 0 Å². The van der Waals surface area contributed by atoms with Crippen LogP contribution in [0.1, 0.15) is 24.5 Å². The van der Waals surface area contributed by atoms with Crippen LogP contribution in [0.25, 0.3) is 0 Å². The van der Waals surface area contributed by atoms with Gasteiger partial charge >= 0.3 is 5.97 Å². The molecule has 0 fully saturated rings. The van der Waals surface area contributed by atoms with Crippen LogP contribution in [0, 0.1) is 5.92 Å². The minimum absolute atomic E-state index is 0.0444. The van der Waals surface area contributed by atoms with Gasteiger partial charge in [-0.05, 0) is 24.0 Å². The van der Waals surface area contributed by atoms with Crippen molar-refractivity contribution in [2.24, 2.45) is 5.92 Å². The minimum Gasteiger partial charge on any atom is -0.469 e. The molecule has 0 amide bonds. The van der Waals surface area contributed by atoms with Gasteiger partial charge in [0.1, 0.15) is 0 Å². The van der Waals surface area contributed by atoms with E-state index in [0.29, 0.717) is 0 Å². The zero-order chi connectivity index (χ0) is 12.0. The van der Waals surface area contributed by atoms with E-state index in [9.17, 15) is 4.79 Å². The third kappa shape index (κ3) is 3.35. The van der Waals surface area contributed by atoms with Crippen LogP contribution in [0.3, 0.4) is 0 Å². The fraction of sp³-hybridized carbons (Fsp3) is 0.462. The molecular formula is C13H18O3. The minimum atomic E-state index is -0.179. The quantitative estimate of drug-likeness (QED) is 0.774. The molecule has 0 radical (unpaired) electrons. The molecule has 0 aliphatic heterocycles. The lowest BCUT2D eigenvalue weighted by atomic mass is 9.98. The molecule has 1 aromatic rings. The molecule has 0 aromatic heterocycles. The van der Waals surface area contributed by atoms with Gasteiger partial charge in [0.25, 0.3) is 0 Å². The Morgan fingerprint density at radius 1 is 1.38 bits per heavy atom. The van der Waals surface area contributed by atoms with Crippen molar-refractivity contribution in [3.63, 3.8) is 0 Å². The highest BCUT2D eigenvalue weighted by Gasteiger charge is 2.13. The number of methoxy groups -OCH3 is 1. The maximum absolute atomic E-state index is 11.2. The topological polar surface area (TPSA) is 46.5 Å². The van der Waals surface area contributed by atoms with Crippen LogP contribution >= 0.6 is 0 Å². The summed E-state index contributed by atoms with van der Waals surface area (Å²) in [4.78, 5) is 11.2. The Kier molecular flexibility index (Phi) is 4.99. The third-order valence-electron chi connectivity index (χ3n) is 2.74. The van der Waals surface area contributed by atoms with Gasteiger partial charge in [-0.15, -0.1) is 0 Å². The van der Waals surface area contributed by atoms with Crippen molar-refractivity contribution in [1.29, 1.82) is 0 Å². The zero-order valence-electron chi connectivity index (χ0n) is 9.77. The average Bonchev–Trinajstić information content (AvgIpc) is 2.35. The second-order valence-corrected chi connectivity index (χ2v) is 3.89. The number of carbonyl (C=O) groups excluding carboxylic acids is 1. The molecule has 3 nitrogen and oxygen atoms in total. The summed E-state index contributed by atoms with van der Waals surface area (Å²) in [7, 11) is 1.40. The number of aliphatic hydroxyl groups is 1. The van der Waals surface area contributed by atoms with Gasteiger partial charge in [0.2, 0.25) is 0 Å². The SMILES string of the molecule is COC(=O)C(C)CCc1ccccc1CO. The smallest absolute Gasteiger partial charge is 0.308 e. The van der Waals surface area contributed by atoms with Crippen molar-refractivity contribution >= 4 is 5.97 Å². The number of aryl methyl sites for hydroxylation is 1. The van der Waals surface area contributed by atoms with Crippen molar-refractivity contribution in [1.82, 2.24) is 0 Å². The van der Waals surface area contributed by atoms with E-state index in [0.717, 1.165) is 24.0 Å². The van der Waals surface area contributed by atoms with Crippen molar-refractivity contribution in [3.8, 4) is 0 Å². The molecule has 0 spiro atoms. The fourth-order valence-electron chi connectivity index (χ4n) is 1.65. The Bertz CT molecular complexity index is 347. The van der Waals surface area contributed by atoms with Gasteiger partial charge in [-0.25, -0.2) is 0 Å². The molecule has 0 saturated heterocycles. The first kappa shape index (κ1) is 12.7. The molecular weight excluding hydrogens is 204 g/mol. The Balaban J connectivity index is 2.57. The molecule has 0 bridgehead atoms. The standard InChI is InChI=1S/C13H18O3/c1-10(13(15)16-2)7-8-11-5-3-4-6-12(11)9-14/h3-6,10,14H,7-9H2,1-2H3. The van der Waals surface area contributed by atoms with Crippen LogP contribution < -0.4 is 0 Å². The molecule has 0 heterocycles. The number of hydrogen-bond acceptors (Lipinski definition) is 3. The lowest BCUT2D eigenvalue weighted by Crippen LogP contribution is -2.13. The van der Waals surface area contributed by atoms with E-state index in [-0.39, 0.29) is 18.5 Å². The molecule has 0 aliphatic rings. The Hall–Kier alpha value is -1.35. The molecule has 1 N–H and O–H groups in total. The largest absolute Gasteiger partial charge is 0.469 e. The van der Waals surface area contributed by atoms with Crippen LogP contribution in [0.5, 0.6) is 0 Å². The van der Waals surface area contributed by atoms with Gasteiger partial charge < -0.3 is 9.84 Å². The molecule has 1 atom stereocenters. The van der Waals surface area contributed by atoms with Crippen molar-refractivity contribution in [2.45, 2.75) is 26.4 Å². The summed E-state index contributed by atoms with van der Waals surface area (Å²) in [5.41, 5.74) is 2.03. The van der Waals surface area contributed by atoms with Crippen LogP contribution in [0.15, 0.2) is 24.3 Å². The van der Waals surface area contributed by atoms with Gasteiger partial charge in [0.15, 0.2) is 0 Å². The molecule has 0 saturated carbocycles. The number of benzene rings is 1. The maximum Gasteiger partial charge on any atom is 0.308 e. The Morgan fingerprint density at radius 3 is 2.56 bits per heavy atom. The summed E-state index contributed by atoms with van der Waals surface area (Å²) in [6.45, 7) is 1.90.